The molecule has 0 spiro atoms. The third kappa shape index (κ3) is 3.68. The molecule has 2 atom stereocenters. The van der Waals surface area contributed by atoms with Crippen LogP contribution in [0.1, 0.15) is 42.7 Å². The second-order valence-corrected chi connectivity index (χ2v) is 6.77. The first-order valence-corrected chi connectivity index (χ1v) is 8.85. The quantitative estimate of drug-likeness (QED) is 0.672. The number of carbonyl (C=O) groups is 1. The molecule has 2 aromatic rings. The van der Waals surface area contributed by atoms with Crippen molar-refractivity contribution in [2.24, 2.45) is 0 Å². The monoisotopic (exact) mass is 391 g/mol. The highest BCUT2D eigenvalue weighted by Gasteiger charge is 2.32. The summed E-state index contributed by atoms with van der Waals surface area (Å²) in [5.41, 5.74) is 1.83. The molecule has 0 N–H and O–H groups in total. The fourth-order valence-electron chi connectivity index (χ4n) is 3.33. The minimum Gasteiger partial charge on any atom is -0.444 e. The molecule has 0 amide bonds. The molecule has 1 fully saturated rings. The van der Waals surface area contributed by atoms with Gasteiger partial charge < -0.3 is 4.74 Å². The second-order valence-electron chi connectivity index (χ2n) is 5.92. The molecule has 1 aliphatic heterocycles. The molecular formula is C19H19BrFNO2. The van der Waals surface area contributed by atoms with Gasteiger partial charge in [-0.25, -0.2) is 4.39 Å². The highest BCUT2D eigenvalue weighted by Crippen LogP contribution is 2.38. The van der Waals surface area contributed by atoms with Crippen molar-refractivity contribution in [3.05, 3.63) is 69.9 Å². The Balaban J connectivity index is 1.95. The lowest BCUT2D eigenvalue weighted by molar-refractivity contribution is -0.149. The van der Waals surface area contributed by atoms with Crippen LogP contribution >= 0.6 is 15.9 Å². The van der Waals surface area contributed by atoms with Crippen molar-refractivity contribution < 1.29 is 13.9 Å². The van der Waals surface area contributed by atoms with E-state index >= 15 is 0 Å². The molecule has 0 saturated carbocycles. The largest absolute Gasteiger partial charge is 0.444 e. The van der Waals surface area contributed by atoms with Crippen LogP contribution in [0.5, 0.6) is 0 Å². The summed E-state index contributed by atoms with van der Waals surface area (Å²) >= 11 is 3.20. The molecule has 2 unspecified atom stereocenters. The molecule has 2 aromatic carbocycles. The second kappa shape index (κ2) is 7.90. The first-order valence-electron chi connectivity index (χ1n) is 8.05. The average Bonchev–Trinajstić information content (AvgIpc) is 2.63. The molecule has 1 saturated heterocycles. The maximum absolute atomic E-state index is 14.0. The minimum absolute atomic E-state index is 0.0199. The Bertz CT molecular complexity index is 695. The van der Waals surface area contributed by atoms with E-state index in [1.165, 1.54) is 0 Å². The zero-order chi connectivity index (χ0) is 16.9. The van der Waals surface area contributed by atoms with Crippen molar-refractivity contribution in [3.63, 3.8) is 0 Å². The van der Waals surface area contributed by atoms with E-state index in [1.54, 1.807) is 12.1 Å². The van der Waals surface area contributed by atoms with E-state index in [9.17, 15) is 9.18 Å². The Morgan fingerprint density at radius 3 is 2.71 bits per heavy atom. The molecule has 1 aliphatic rings. The molecular weight excluding hydrogens is 373 g/mol. The summed E-state index contributed by atoms with van der Waals surface area (Å²) in [6.07, 6.45) is 2.55. The highest BCUT2D eigenvalue weighted by molar-refractivity contribution is 9.10. The van der Waals surface area contributed by atoms with Crippen molar-refractivity contribution in [1.29, 1.82) is 0 Å². The van der Waals surface area contributed by atoms with Gasteiger partial charge in [-0.1, -0.05) is 42.8 Å². The lowest BCUT2D eigenvalue weighted by Crippen LogP contribution is -2.38. The Hall–Kier alpha value is -1.72. The van der Waals surface area contributed by atoms with Gasteiger partial charge in [0.15, 0.2) is 6.23 Å². The summed E-state index contributed by atoms with van der Waals surface area (Å²) in [6.45, 7) is 1.29. The summed E-state index contributed by atoms with van der Waals surface area (Å²) in [5, 5.41) is 0. The van der Waals surface area contributed by atoms with Crippen molar-refractivity contribution in [3.8, 4) is 0 Å². The van der Waals surface area contributed by atoms with Crippen LogP contribution in [0.4, 0.5) is 4.39 Å². The maximum Gasteiger partial charge on any atom is 0.294 e. The number of piperidine rings is 1. The van der Waals surface area contributed by atoms with E-state index in [2.05, 4.69) is 20.8 Å². The number of likely N-dealkylation sites (tertiary alicyclic amines) is 1. The van der Waals surface area contributed by atoms with Gasteiger partial charge in [0, 0.05) is 18.2 Å². The van der Waals surface area contributed by atoms with Gasteiger partial charge in [-0.3, -0.25) is 9.69 Å². The average molecular weight is 392 g/mol. The zero-order valence-corrected chi connectivity index (χ0v) is 14.8. The third-order valence-corrected chi connectivity index (χ3v) is 5.09. The topological polar surface area (TPSA) is 29.5 Å². The number of hydrogen-bond donors (Lipinski definition) is 0. The van der Waals surface area contributed by atoms with Gasteiger partial charge in [-0.15, -0.1) is 0 Å². The number of benzene rings is 2. The molecule has 0 bridgehead atoms. The van der Waals surface area contributed by atoms with Gasteiger partial charge in [0.25, 0.3) is 6.47 Å². The van der Waals surface area contributed by atoms with E-state index in [4.69, 9.17) is 4.74 Å². The van der Waals surface area contributed by atoms with E-state index < -0.39 is 6.23 Å². The lowest BCUT2D eigenvalue weighted by Gasteiger charge is -2.40. The predicted octanol–water partition coefficient (Wildman–Crippen LogP) is 4.99. The lowest BCUT2D eigenvalue weighted by atomic mass is 9.94. The molecule has 0 aromatic heterocycles. The Kier molecular flexibility index (Phi) is 5.63. The summed E-state index contributed by atoms with van der Waals surface area (Å²) < 4.78 is 19.9. The molecule has 5 heteroatoms. The number of hydrogen-bond acceptors (Lipinski definition) is 3. The van der Waals surface area contributed by atoms with Crippen molar-refractivity contribution >= 4 is 22.4 Å². The third-order valence-electron chi connectivity index (χ3n) is 4.44. The van der Waals surface area contributed by atoms with Crippen LogP contribution in [0.25, 0.3) is 0 Å². The fourth-order valence-corrected chi connectivity index (χ4v) is 3.58. The first-order chi connectivity index (χ1) is 11.7. The fraction of sp³-hybridized carbons (Fsp3) is 0.316. The van der Waals surface area contributed by atoms with Crippen LogP contribution in [0.15, 0.2) is 53.0 Å². The van der Waals surface area contributed by atoms with Crippen LogP contribution in [0.2, 0.25) is 0 Å². The Labute approximate surface area is 149 Å². The number of ether oxygens (including phenoxy) is 1. The Morgan fingerprint density at radius 2 is 2.00 bits per heavy atom. The predicted molar refractivity (Wildman–Crippen MR) is 93.7 cm³/mol. The van der Waals surface area contributed by atoms with Gasteiger partial charge in [-0.05, 0) is 46.5 Å². The first kappa shape index (κ1) is 17.1. The molecule has 1 heterocycles. The van der Waals surface area contributed by atoms with Crippen molar-refractivity contribution in [1.82, 2.24) is 4.90 Å². The standard InChI is InChI=1S/C19H19BrFNO2/c20-16-10-9-15(12-17(16)21)18-8-4-5-11-22(18)19(24-13-23)14-6-2-1-3-7-14/h1-3,6-7,9-10,12-13,18-19H,4-5,8,11H2. The summed E-state index contributed by atoms with van der Waals surface area (Å²) in [7, 11) is 0. The number of rotatable bonds is 5. The molecule has 24 heavy (non-hydrogen) atoms. The zero-order valence-electron chi connectivity index (χ0n) is 13.2. The van der Waals surface area contributed by atoms with E-state index in [0.717, 1.165) is 36.9 Å². The van der Waals surface area contributed by atoms with Gasteiger partial charge in [0.1, 0.15) is 5.82 Å². The van der Waals surface area contributed by atoms with Crippen molar-refractivity contribution in [2.75, 3.05) is 6.54 Å². The number of carbonyl (C=O) groups excluding carboxylic acids is 1. The SMILES string of the molecule is O=COC(c1ccccc1)N1CCCCC1c1ccc(Br)c(F)c1. The van der Waals surface area contributed by atoms with Gasteiger partial charge in [0.2, 0.25) is 0 Å². The Morgan fingerprint density at radius 1 is 1.21 bits per heavy atom. The van der Waals surface area contributed by atoms with Crippen LogP contribution < -0.4 is 0 Å². The molecule has 3 nitrogen and oxygen atoms in total. The smallest absolute Gasteiger partial charge is 0.294 e. The van der Waals surface area contributed by atoms with E-state index in [1.807, 2.05) is 36.4 Å². The summed E-state index contributed by atoms with van der Waals surface area (Å²) in [5.74, 6) is -0.273. The normalized spacial score (nSPS) is 19.7. The van der Waals surface area contributed by atoms with Crippen LogP contribution in [0, 0.1) is 5.82 Å². The van der Waals surface area contributed by atoms with Crippen molar-refractivity contribution in [2.45, 2.75) is 31.5 Å². The van der Waals surface area contributed by atoms with Gasteiger partial charge in [0.05, 0.1) is 4.47 Å². The summed E-state index contributed by atoms with van der Waals surface area (Å²) in [6, 6.07) is 14.9. The highest BCUT2D eigenvalue weighted by atomic mass is 79.9. The molecule has 0 aliphatic carbocycles. The number of halogens is 2. The number of nitrogens with zero attached hydrogens (tertiary/aromatic N) is 1. The van der Waals surface area contributed by atoms with Crippen LogP contribution in [-0.2, 0) is 9.53 Å². The minimum atomic E-state index is -0.458. The van der Waals surface area contributed by atoms with Gasteiger partial charge in [-0.2, -0.15) is 0 Å². The molecule has 3 rings (SSSR count). The van der Waals surface area contributed by atoms with E-state index in [-0.39, 0.29) is 11.9 Å². The maximum atomic E-state index is 14.0. The van der Waals surface area contributed by atoms with E-state index in [0.29, 0.717) is 10.9 Å². The molecule has 0 radical (unpaired) electrons. The van der Waals surface area contributed by atoms with Gasteiger partial charge >= 0.3 is 0 Å². The van der Waals surface area contributed by atoms with Crippen LogP contribution in [-0.4, -0.2) is 17.9 Å². The molecule has 126 valence electrons. The van der Waals surface area contributed by atoms with Crippen LogP contribution in [0.3, 0.4) is 0 Å². The summed E-state index contributed by atoms with van der Waals surface area (Å²) in [4.78, 5) is 13.2.